The van der Waals surface area contributed by atoms with E-state index in [0.29, 0.717) is 23.7 Å². The van der Waals surface area contributed by atoms with Crippen molar-refractivity contribution in [2.45, 2.75) is 55.4 Å². The minimum Gasteiger partial charge on any atom is -0.854 e. The van der Waals surface area contributed by atoms with Gasteiger partial charge in [-0.1, -0.05) is 79.1 Å². The van der Waals surface area contributed by atoms with Crippen LogP contribution in [0.2, 0.25) is 0 Å². The molecule has 21 heavy (non-hydrogen) atoms. The Morgan fingerprint density at radius 3 is 0.476 bits per heavy atom. The van der Waals surface area contributed by atoms with Gasteiger partial charge >= 0.3 is 0 Å². The van der Waals surface area contributed by atoms with Crippen LogP contribution in [0.4, 0.5) is 0 Å². The van der Waals surface area contributed by atoms with Gasteiger partial charge in [0.15, 0.2) is 0 Å². The topological polar surface area (TPSA) is 92.2 Å². The van der Waals surface area contributed by atoms with Crippen molar-refractivity contribution in [2.75, 3.05) is 26.4 Å². The first-order chi connectivity index (χ1) is 9.08. The third-order valence-electron chi connectivity index (χ3n) is 1.33. The molecule has 135 valence electrons. The van der Waals surface area contributed by atoms with Crippen LogP contribution in [0, 0.1) is 23.7 Å². The van der Waals surface area contributed by atoms with Gasteiger partial charge in [-0.15, -0.1) is 26.4 Å². The van der Waals surface area contributed by atoms with Crippen LogP contribution in [0.5, 0.6) is 0 Å². The molecule has 0 aliphatic heterocycles. The zero-order valence-electron chi connectivity index (χ0n) is 15.1. The maximum atomic E-state index is 9.63. The van der Waals surface area contributed by atoms with Gasteiger partial charge in [0.25, 0.3) is 0 Å². The van der Waals surface area contributed by atoms with Crippen molar-refractivity contribution >= 4 is 0 Å². The Morgan fingerprint density at radius 2 is 0.476 bits per heavy atom. The quantitative estimate of drug-likeness (QED) is 0.670. The smallest absolute Gasteiger partial charge is 0 e. The fourth-order valence-corrected chi connectivity index (χ4v) is 0. The normalized spacial score (nSPS) is 9.14. The summed E-state index contributed by atoms with van der Waals surface area (Å²) < 4.78 is 0. The summed E-state index contributed by atoms with van der Waals surface area (Å²) in [6.45, 7) is 15.5. The molecule has 0 saturated heterocycles. The van der Waals surface area contributed by atoms with Crippen molar-refractivity contribution in [3.8, 4) is 0 Å². The van der Waals surface area contributed by atoms with Crippen LogP contribution in [-0.2, 0) is 17.1 Å². The number of rotatable bonds is 4. The molecule has 0 aromatic heterocycles. The standard InChI is InChI=1S/4C4H9O.Mn/c4*1-4(2)3-5;/h4*4H,3H2,1-2H3;/q4*-1;. The molecule has 0 aliphatic rings. The zero-order chi connectivity index (χ0) is 17.1. The van der Waals surface area contributed by atoms with Crippen molar-refractivity contribution in [1.29, 1.82) is 0 Å². The number of hydrogen-bond acceptors (Lipinski definition) is 4. The maximum absolute atomic E-state index is 9.63. The van der Waals surface area contributed by atoms with Crippen molar-refractivity contribution in [1.82, 2.24) is 0 Å². The first-order valence-electron chi connectivity index (χ1n) is 7.41. The summed E-state index contributed by atoms with van der Waals surface area (Å²) in [5, 5.41) is 38.5. The minimum atomic E-state index is 0. The van der Waals surface area contributed by atoms with E-state index in [1.54, 1.807) is 0 Å². The van der Waals surface area contributed by atoms with Crippen LogP contribution >= 0.6 is 0 Å². The Morgan fingerprint density at radius 1 is 0.429 bits per heavy atom. The summed E-state index contributed by atoms with van der Waals surface area (Å²) in [4.78, 5) is 0. The average molecular weight is 347 g/mol. The van der Waals surface area contributed by atoms with Gasteiger partial charge in [0.1, 0.15) is 0 Å². The second-order valence-electron chi connectivity index (χ2n) is 6.24. The van der Waals surface area contributed by atoms with Crippen molar-refractivity contribution in [3.05, 3.63) is 0 Å². The fourth-order valence-electron chi connectivity index (χ4n) is 0. The fraction of sp³-hybridized carbons (Fsp3) is 1.00. The van der Waals surface area contributed by atoms with Gasteiger partial charge in [-0.25, -0.2) is 0 Å². The molecule has 0 aromatic carbocycles. The number of hydrogen-bond donors (Lipinski definition) is 0. The summed E-state index contributed by atoms with van der Waals surface area (Å²) in [5.74, 6) is 1.31. The van der Waals surface area contributed by atoms with Gasteiger partial charge in [0, 0.05) is 17.1 Å². The third-order valence-corrected chi connectivity index (χ3v) is 1.33. The molecular formula is C16H36MnO4-4. The molecule has 0 aliphatic carbocycles. The van der Waals surface area contributed by atoms with E-state index < -0.39 is 0 Å². The van der Waals surface area contributed by atoms with Crippen LogP contribution in [-0.4, -0.2) is 26.4 Å². The molecule has 0 fully saturated rings. The minimum absolute atomic E-state index is 0. The Hall–Kier alpha value is 0.359. The molecule has 0 bridgehead atoms. The monoisotopic (exact) mass is 347 g/mol. The van der Waals surface area contributed by atoms with E-state index in [1.807, 2.05) is 55.4 Å². The molecule has 0 spiro atoms. The van der Waals surface area contributed by atoms with Crippen molar-refractivity contribution in [3.63, 3.8) is 0 Å². The van der Waals surface area contributed by atoms with E-state index in [4.69, 9.17) is 0 Å². The first-order valence-corrected chi connectivity index (χ1v) is 7.41. The van der Waals surface area contributed by atoms with Gasteiger partial charge in [-0.05, 0) is 0 Å². The molecule has 0 saturated carbocycles. The summed E-state index contributed by atoms with van der Waals surface area (Å²) in [5.41, 5.74) is 0. The molecule has 5 heteroatoms. The van der Waals surface area contributed by atoms with Crippen LogP contribution in [0.15, 0.2) is 0 Å². The Bertz CT molecular complexity index is 108. The maximum Gasteiger partial charge on any atom is 0 e. The van der Waals surface area contributed by atoms with Crippen molar-refractivity contribution in [2.24, 2.45) is 23.7 Å². The van der Waals surface area contributed by atoms with E-state index in [1.165, 1.54) is 0 Å². The zero-order valence-corrected chi connectivity index (χ0v) is 16.3. The molecule has 0 heterocycles. The third kappa shape index (κ3) is 98.2. The first kappa shape index (κ1) is 33.1. The predicted octanol–water partition coefficient (Wildman–Crippen LogP) is 0.00830. The molecular weight excluding hydrogens is 311 g/mol. The van der Waals surface area contributed by atoms with Crippen LogP contribution in [0.25, 0.3) is 0 Å². The van der Waals surface area contributed by atoms with Gasteiger partial charge in [-0.3, -0.25) is 0 Å². The van der Waals surface area contributed by atoms with E-state index in [0.717, 1.165) is 0 Å². The Kier molecular flexibility index (Phi) is 44.9. The largest absolute Gasteiger partial charge is 0.854 e. The average Bonchev–Trinajstić information content (AvgIpc) is 2.40. The van der Waals surface area contributed by atoms with E-state index >= 15 is 0 Å². The van der Waals surface area contributed by atoms with Gasteiger partial charge in [-0.2, -0.15) is 0 Å². The second kappa shape index (κ2) is 28.5. The molecule has 0 atom stereocenters. The van der Waals surface area contributed by atoms with Gasteiger partial charge in [0.2, 0.25) is 0 Å². The molecule has 1 radical (unpaired) electrons. The second-order valence-corrected chi connectivity index (χ2v) is 6.24. The van der Waals surface area contributed by atoms with Crippen molar-refractivity contribution < 1.29 is 37.5 Å². The summed E-state index contributed by atoms with van der Waals surface area (Å²) in [7, 11) is 0. The van der Waals surface area contributed by atoms with E-state index in [-0.39, 0.29) is 43.5 Å². The summed E-state index contributed by atoms with van der Waals surface area (Å²) >= 11 is 0. The predicted molar refractivity (Wildman–Crippen MR) is 78.8 cm³/mol. The Labute approximate surface area is 143 Å². The van der Waals surface area contributed by atoms with E-state index in [9.17, 15) is 20.4 Å². The molecule has 0 rings (SSSR count). The molecule has 0 N–H and O–H groups in total. The van der Waals surface area contributed by atoms with Gasteiger partial charge < -0.3 is 20.4 Å². The van der Waals surface area contributed by atoms with E-state index in [2.05, 4.69) is 0 Å². The summed E-state index contributed by atoms with van der Waals surface area (Å²) in [6, 6.07) is 0. The van der Waals surface area contributed by atoms with Crippen LogP contribution in [0.3, 0.4) is 0 Å². The summed E-state index contributed by atoms with van der Waals surface area (Å²) in [6.07, 6.45) is 0. The molecule has 0 aromatic rings. The van der Waals surface area contributed by atoms with Crippen LogP contribution < -0.4 is 20.4 Å². The molecule has 0 unspecified atom stereocenters. The molecule has 4 nitrogen and oxygen atoms in total. The molecule has 0 amide bonds. The van der Waals surface area contributed by atoms with Gasteiger partial charge in [0.05, 0.1) is 0 Å². The Balaban J connectivity index is -0.0000000533. The SMILES string of the molecule is CC(C)C[O-].CC(C)C[O-].CC(C)C[O-].CC(C)C[O-].[Mn]. The van der Waals surface area contributed by atoms with Crippen LogP contribution in [0.1, 0.15) is 55.4 Å².